The number of nitrogens with one attached hydrogen (secondary N) is 1. The molecule has 0 aliphatic rings. The van der Waals surface area contributed by atoms with E-state index in [4.69, 9.17) is 0 Å². The second-order valence-electron chi connectivity index (χ2n) is 3.57. The molecule has 1 N–H and O–H groups in total. The van der Waals surface area contributed by atoms with E-state index in [2.05, 4.69) is 27.3 Å². The van der Waals surface area contributed by atoms with E-state index in [-0.39, 0.29) is 4.90 Å². The maximum absolute atomic E-state index is 12.7. The number of hydrogen-bond donors (Lipinski definition) is 1. The normalized spacial score (nSPS) is 11.2. The fourth-order valence-electron chi connectivity index (χ4n) is 1.35. The predicted octanol–water partition coefficient (Wildman–Crippen LogP) is 3.23. The summed E-state index contributed by atoms with van der Waals surface area (Å²) in [4.78, 5) is 0.0300. The summed E-state index contributed by atoms with van der Waals surface area (Å²) in [5, 5.41) is 0. The molecule has 0 saturated carbocycles. The molecule has 0 spiro atoms. The highest BCUT2D eigenvalue weighted by molar-refractivity contribution is 14.1. The fourth-order valence-corrected chi connectivity index (χ4v) is 2.76. The van der Waals surface area contributed by atoms with E-state index in [1.807, 2.05) is 0 Å². The van der Waals surface area contributed by atoms with Crippen LogP contribution in [-0.2, 0) is 10.0 Å². The standard InChI is InChI=1S/C12H9FINO2S/c13-9-1-7-12(8-2-9)18(16,17)15-11-5-3-10(14)4-6-11/h1-8,15H. The summed E-state index contributed by atoms with van der Waals surface area (Å²) < 4.78 is 40.1. The second-order valence-corrected chi connectivity index (χ2v) is 6.49. The quantitative estimate of drug-likeness (QED) is 0.835. The zero-order chi connectivity index (χ0) is 13.2. The molecular weight excluding hydrogens is 368 g/mol. The first kappa shape index (κ1) is 13.3. The molecule has 0 aliphatic heterocycles. The molecule has 0 fully saturated rings. The van der Waals surface area contributed by atoms with Gasteiger partial charge in [-0.1, -0.05) is 0 Å². The Hall–Kier alpha value is -1.15. The molecule has 94 valence electrons. The predicted molar refractivity (Wildman–Crippen MR) is 76.4 cm³/mol. The van der Waals surface area contributed by atoms with Gasteiger partial charge in [0.1, 0.15) is 5.82 Å². The Labute approximate surface area is 118 Å². The van der Waals surface area contributed by atoms with E-state index in [0.717, 1.165) is 15.7 Å². The van der Waals surface area contributed by atoms with Crippen LogP contribution >= 0.6 is 22.6 Å². The molecule has 0 aromatic heterocycles. The Balaban J connectivity index is 2.27. The summed E-state index contributed by atoms with van der Waals surface area (Å²) in [6, 6.07) is 11.6. The summed E-state index contributed by atoms with van der Waals surface area (Å²) in [5.74, 6) is -0.469. The molecule has 0 unspecified atom stereocenters. The van der Waals surface area contributed by atoms with Crippen molar-refractivity contribution in [3.05, 3.63) is 57.9 Å². The highest BCUT2D eigenvalue weighted by Crippen LogP contribution is 2.17. The van der Waals surface area contributed by atoms with Crippen LogP contribution in [0, 0.1) is 9.39 Å². The van der Waals surface area contributed by atoms with Gasteiger partial charge >= 0.3 is 0 Å². The Kier molecular flexibility index (Phi) is 3.86. The summed E-state index contributed by atoms with van der Waals surface area (Å²) in [5.41, 5.74) is 0.472. The molecule has 2 aromatic rings. The average molecular weight is 377 g/mol. The van der Waals surface area contributed by atoms with Crippen molar-refractivity contribution in [2.45, 2.75) is 4.90 Å². The van der Waals surface area contributed by atoms with Crippen LogP contribution in [0.4, 0.5) is 10.1 Å². The van der Waals surface area contributed by atoms with Gasteiger partial charge in [-0.2, -0.15) is 0 Å². The maximum Gasteiger partial charge on any atom is 0.261 e. The van der Waals surface area contributed by atoms with Crippen LogP contribution in [0.25, 0.3) is 0 Å². The molecule has 2 aromatic carbocycles. The van der Waals surface area contributed by atoms with Crippen LogP contribution < -0.4 is 4.72 Å². The summed E-state index contributed by atoms with van der Waals surface area (Å²) in [7, 11) is -3.66. The van der Waals surface area contributed by atoms with Crippen molar-refractivity contribution in [2.75, 3.05) is 4.72 Å². The van der Waals surface area contributed by atoms with Crippen molar-refractivity contribution < 1.29 is 12.8 Å². The minimum atomic E-state index is -3.66. The first-order valence-electron chi connectivity index (χ1n) is 5.01. The highest BCUT2D eigenvalue weighted by atomic mass is 127. The molecule has 6 heteroatoms. The van der Waals surface area contributed by atoms with Crippen LogP contribution in [-0.4, -0.2) is 8.42 Å². The van der Waals surface area contributed by atoms with Crippen molar-refractivity contribution >= 4 is 38.3 Å². The zero-order valence-electron chi connectivity index (χ0n) is 9.10. The highest BCUT2D eigenvalue weighted by Gasteiger charge is 2.13. The molecule has 0 aliphatic carbocycles. The SMILES string of the molecule is O=S(=O)(Nc1ccc(I)cc1)c1ccc(F)cc1. The van der Waals surface area contributed by atoms with E-state index in [1.54, 1.807) is 24.3 Å². The van der Waals surface area contributed by atoms with Crippen LogP contribution in [0.15, 0.2) is 53.4 Å². The average Bonchev–Trinajstić information content (AvgIpc) is 2.32. The molecule has 0 radical (unpaired) electrons. The summed E-state index contributed by atoms with van der Waals surface area (Å²) >= 11 is 2.13. The van der Waals surface area contributed by atoms with E-state index in [0.29, 0.717) is 5.69 Å². The van der Waals surface area contributed by atoms with Gasteiger partial charge in [-0.3, -0.25) is 4.72 Å². The van der Waals surface area contributed by atoms with Gasteiger partial charge in [0.05, 0.1) is 4.90 Å². The van der Waals surface area contributed by atoms with E-state index >= 15 is 0 Å². The molecule has 0 heterocycles. The first-order chi connectivity index (χ1) is 8.47. The Bertz CT molecular complexity index is 639. The minimum Gasteiger partial charge on any atom is -0.280 e. The lowest BCUT2D eigenvalue weighted by atomic mass is 10.3. The Morgan fingerprint density at radius 3 is 2.06 bits per heavy atom. The summed E-state index contributed by atoms with van der Waals surface area (Å²) in [6.45, 7) is 0. The third-order valence-corrected chi connectivity index (χ3v) is 4.34. The summed E-state index contributed by atoms with van der Waals surface area (Å²) in [6.07, 6.45) is 0. The van der Waals surface area contributed by atoms with Gasteiger partial charge in [-0.25, -0.2) is 12.8 Å². The molecule has 0 saturated heterocycles. The number of halogens is 2. The number of benzene rings is 2. The first-order valence-corrected chi connectivity index (χ1v) is 7.57. The van der Waals surface area contributed by atoms with Gasteiger partial charge in [0.15, 0.2) is 0 Å². The number of rotatable bonds is 3. The van der Waals surface area contributed by atoms with Crippen LogP contribution in [0.5, 0.6) is 0 Å². The molecule has 0 atom stereocenters. The van der Waals surface area contributed by atoms with Gasteiger partial charge in [0.2, 0.25) is 0 Å². The molecule has 18 heavy (non-hydrogen) atoms. The van der Waals surface area contributed by atoms with Gasteiger partial charge in [0.25, 0.3) is 10.0 Å². The largest absolute Gasteiger partial charge is 0.280 e. The monoisotopic (exact) mass is 377 g/mol. The Morgan fingerprint density at radius 1 is 0.944 bits per heavy atom. The smallest absolute Gasteiger partial charge is 0.261 e. The van der Waals surface area contributed by atoms with Crippen molar-refractivity contribution in [3.63, 3.8) is 0 Å². The lowest BCUT2D eigenvalue weighted by Gasteiger charge is -2.07. The Morgan fingerprint density at radius 2 is 1.50 bits per heavy atom. The molecule has 0 bridgehead atoms. The third-order valence-electron chi connectivity index (χ3n) is 2.22. The third kappa shape index (κ3) is 3.20. The van der Waals surface area contributed by atoms with Gasteiger partial charge in [0, 0.05) is 9.26 Å². The van der Waals surface area contributed by atoms with Gasteiger partial charge in [-0.05, 0) is 71.1 Å². The lowest BCUT2D eigenvalue weighted by molar-refractivity contribution is 0.599. The minimum absolute atomic E-state index is 0.0300. The number of anilines is 1. The van der Waals surface area contributed by atoms with Crippen molar-refractivity contribution in [3.8, 4) is 0 Å². The molecular formula is C12H9FINO2S. The van der Waals surface area contributed by atoms with Crippen molar-refractivity contribution in [2.24, 2.45) is 0 Å². The molecule has 3 nitrogen and oxygen atoms in total. The van der Waals surface area contributed by atoms with Crippen LogP contribution in [0.1, 0.15) is 0 Å². The van der Waals surface area contributed by atoms with Gasteiger partial charge in [-0.15, -0.1) is 0 Å². The van der Waals surface area contributed by atoms with Crippen LogP contribution in [0.2, 0.25) is 0 Å². The number of hydrogen-bond acceptors (Lipinski definition) is 2. The lowest BCUT2D eigenvalue weighted by Crippen LogP contribution is -2.12. The number of sulfonamides is 1. The van der Waals surface area contributed by atoms with Crippen molar-refractivity contribution in [1.29, 1.82) is 0 Å². The van der Waals surface area contributed by atoms with E-state index < -0.39 is 15.8 Å². The second kappa shape index (κ2) is 5.23. The van der Waals surface area contributed by atoms with Gasteiger partial charge < -0.3 is 0 Å². The van der Waals surface area contributed by atoms with E-state index in [9.17, 15) is 12.8 Å². The maximum atomic E-state index is 12.7. The van der Waals surface area contributed by atoms with Crippen molar-refractivity contribution in [1.82, 2.24) is 0 Å². The molecule has 2 rings (SSSR count). The fraction of sp³-hybridized carbons (Fsp3) is 0. The topological polar surface area (TPSA) is 46.2 Å². The van der Waals surface area contributed by atoms with E-state index in [1.165, 1.54) is 12.1 Å². The zero-order valence-corrected chi connectivity index (χ0v) is 12.1. The van der Waals surface area contributed by atoms with Crippen LogP contribution in [0.3, 0.4) is 0 Å². The molecule has 0 amide bonds.